The average molecular weight is 290 g/mol. The Morgan fingerprint density at radius 3 is 2.76 bits per heavy atom. The largest absolute Gasteiger partial charge is 0.462 e. The number of hydrogen-bond acceptors (Lipinski definition) is 6. The standard InChI is InChI=1S/C14H18N4O3/c19-10-9-15-6-3-11-21-14(20)12-4-1-2-5-13(12)18-16-7-8-17-18/h1-2,4-5,7-8,15,19H,3,6,9-11H2. The SMILES string of the molecule is O=C(OCCCNCCO)c1ccccc1-n1nccn1. The molecule has 7 heteroatoms. The van der Waals surface area contributed by atoms with Crippen LogP contribution in [0.5, 0.6) is 0 Å². The molecule has 0 amide bonds. The number of nitrogens with one attached hydrogen (secondary N) is 1. The number of aliphatic hydroxyl groups excluding tert-OH is 1. The van der Waals surface area contributed by atoms with E-state index in [1.54, 1.807) is 30.6 Å². The quantitative estimate of drug-likeness (QED) is 0.540. The van der Waals surface area contributed by atoms with E-state index in [4.69, 9.17) is 9.84 Å². The lowest BCUT2D eigenvalue weighted by atomic mass is 10.2. The van der Waals surface area contributed by atoms with E-state index < -0.39 is 5.97 Å². The van der Waals surface area contributed by atoms with Crippen LogP contribution < -0.4 is 5.32 Å². The second-order valence-electron chi connectivity index (χ2n) is 4.30. The third-order valence-electron chi connectivity index (χ3n) is 2.78. The summed E-state index contributed by atoms with van der Waals surface area (Å²) < 4.78 is 5.24. The summed E-state index contributed by atoms with van der Waals surface area (Å²) in [6.07, 6.45) is 3.79. The lowest BCUT2D eigenvalue weighted by Gasteiger charge is -2.09. The summed E-state index contributed by atoms with van der Waals surface area (Å²) in [6.45, 7) is 1.65. The summed E-state index contributed by atoms with van der Waals surface area (Å²) in [5.74, 6) is -0.398. The van der Waals surface area contributed by atoms with Crippen molar-refractivity contribution in [2.75, 3.05) is 26.3 Å². The number of carbonyl (C=O) groups is 1. The van der Waals surface area contributed by atoms with Crippen molar-refractivity contribution in [3.63, 3.8) is 0 Å². The molecule has 0 aliphatic heterocycles. The number of para-hydroxylation sites is 1. The minimum absolute atomic E-state index is 0.101. The minimum atomic E-state index is -0.398. The van der Waals surface area contributed by atoms with Crippen LogP contribution in [0.25, 0.3) is 5.69 Å². The van der Waals surface area contributed by atoms with Gasteiger partial charge < -0.3 is 15.2 Å². The summed E-state index contributed by atoms with van der Waals surface area (Å²) in [6, 6.07) is 7.03. The molecule has 1 aromatic heterocycles. The molecule has 0 bridgehead atoms. The molecule has 0 radical (unpaired) electrons. The Labute approximate surface area is 122 Å². The third-order valence-corrected chi connectivity index (χ3v) is 2.78. The zero-order valence-electron chi connectivity index (χ0n) is 11.6. The third kappa shape index (κ3) is 4.37. The van der Waals surface area contributed by atoms with E-state index in [9.17, 15) is 4.79 Å². The number of carbonyl (C=O) groups excluding carboxylic acids is 1. The van der Waals surface area contributed by atoms with Gasteiger partial charge in [-0.2, -0.15) is 15.0 Å². The number of ether oxygens (including phenoxy) is 1. The second-order valence-corrected chi connectivity index (χ2v) is 4.30. The van der Waals surface area contributed by atoms with Crippen LogP contribution in [0.2, 0.25) is 0 Å². The van der Waals surface area contributed by atoms with E-state index in [1.807, 2.05) is 6.07 Å². The second kappa shape index (κ2) is 8.13. The number of benzene rings is 1. The molecule has 0 spiro atoms. The predicted octanol–water partition coefficient (Wildman–Crippen LogP) is 0.396. The summed E-state index contributed by atoms with van der Waals surface area (Å²) >= 11 is 0. The van der Waals surface area contributed by atoms with Crippen LogP contribution in [-0.2, 0) is 4.74 Å². The van der Waals surface area contributed by atoms with E-state index in [-0.39, 0.29) is 6.61 Å². The van der Waals surface area contributed by atoms with Gasteiger partial charge in [0.25, 0.3) is 0 Å². The molecule has 2 aromatic rings. The van der Waals surface area contributed by atoms with Gasteiger partial charge in [0.05, 0.1) is 31.2 Å². The monoisotopic (exact) mass is 290 g/mol. The fourth-order valence-corrected chi connectivity index (χ4v) is 1.80. The normalized spacial score (nSPS) is 10.5. The fraction of sp³-hybridized carbons (Fsp3) is 0.357. The number of esters is 1. The molecule has 112 valence electrons. The highest BCUT2D eigenvalue weighted by molar-refractivity contribution is 5.93. The zero-order chi connectivity index (χ0) is 14.9. The molecule has 0 aliphatic rings. The molecule has 1 heterocycles. The highest BCUT2D eigenvalue weighted by Gasteiger charge is 2.14. The van der Waals surface area contributed by atoms with Crippen LogP contribution in [0.15, 0.2) is 36.7 Å². The van der Waals surface area contributed by atoms with E-state index >= 15 is 0 Å². The minimum Gasteiger partial charge on any atom is -0.462 e. The highest BCUT2D eigenvalue weighted by Crippen LogP contribution is 2.13. The molecule has 1 aromatic carbocycles. The van der Waals surface area contributed by atoms with Gasteiger partial charge in [-0.15, -0.1) is 0 Å². The average Bonchev–Trinajstić information content (AvgIpc) is 3.05. The number of nitrogens with zero attached hydrogens (tertiary/aromatic N) is 3. The van der Waals surface area contributed by atoms with E-state index in [2.05, 4.69) is 15.5 Å². The first-order valence-corrected chi connectivity index (χ1v) is 6.77. The molecule has 0 fully saturated rings. The Kier molecular flexibility index (Phi) is 5.86. The Morgan fingerprint density at radius 1 is 1.24 bits per heavy atom. The first-order valence-electron chi connectivity index (χ1n) is 6.77. The Morgan fingerprint density at radius 2 is 2.00 bits per heavy atom. The molecule has 2 N–H and O–H groups in total. The molecule has 0 aliphatic carbocycles. The number of aliphatic hydroxyl groups is 1. The van der Waals surface area contributed by atoms with Crippen molar-refractivity contribution in [1.82, 2.24) is 20.3 Å². The van der Waals surface area contributed by atoms with Crippen molar-refractivity contribution in [3.8, 4) is 5.69 Å². The predicted molar refractivity (Wildman–Crippen MR) is 76.2 cm³/mol. The van der Waals surface area contributed by atoms with Crippen LogP contribution in [0.1, 0.15) is 16.8 Å². The molecule has 21 heavy (non-hydrogen) atoms. The van der Waals surface area contributed by atoms with E-state index in [0.717, 1.165) is 0 Å². The van der Waals surface area contributed by atoms with Gasteiger partial charge >= 0.3 is 5.97 Å². The van der Waals surface area contributed by atoms with Crippen molar-refractivity contribution in [2.45, 2.75) is 6.42 Å². The van der Waals surface area contributed by atoms with Crippen LogP contribution >= 0.6 is 0 Å². The van der Waals surface area contributed by atoms with Gasteiger partial charge in [-0.25, -0.2) is 4.79 Å². The van der Waals surface area contributed by atoms with E-state index in [0.29, 0.717) is 37.4 Å². The van der Waals surface area contributed by atoms with Gasteiger partial charge in [0.2, 0.25) is 0 Å². The molecule has 2 rings (SSSR count). The number of rotatable bonds is 8. The number of hydrogen-bond donors (Lipinski definition) is 2. The maximum absolute atomic E-state index is 12.1. The van der Waals surface area contributed by atoms with Gasteiger partial charge in [0, 0.05) is 6.54 Å². The van der Waals surface area contributed by atoms with Gasteiger partial charge in [-0.1, -0.05) is 12.1 Å². The van der Waals surface area contributed by atoms with Crippen molar-refractivity contribution in [2.24, 2.45) is 0 Å². The summed E-state index contributed by atoms with van der Waals surface area (Å²) in [5.41, 5.74) is 1.02. The van der Waals surface area contributed by atoms with Crippen LogP contribution in [0.3, 0.4) is 0 Å². The highest BCUT2D eigenvalue weighted by atomic mass is 16.5. The van der Waals surface area contributed by atoms with Crippen LogP contribution in [0, 0.1) is 0 Å². The molecular formula is C14H18N4O3. The van der Waals surface area contributed by atoms with Gasteiger partial charge in [0.1, 0.15) is 5.69 Å². The smallest absolute Gasteiger partial charge is 0.340 e. The van der Waals surface area contributed by atoms with Gasteiger partial charge in [-0.3, -0.25) is 0 Å². The zero-order valence-corrected chi connectivity index (χ0v) is 11.6. The summed E-state index contributed by atoms with van der Waals surface area (Å²) in [4.78, 5) is 13.5. The number of aromatic nitrogens is 3. The van der Waals surface area contributed by atoms with E-state index in [1.165, 1.54) is 4.80 Å². The van der Waals surface area contributed by atoms with Crippen molar-refractivity contribution < 1.29 is 14.6 Å². The Balaban J connectivity index is 1.91. The fourth-order valence-electron chi connectivity index (χ4n) is 1.80. The molecule has 0 saturated heterocycles. The maximum Gasteiger partial charge on any atom is 0.340 e. The molecular weight excluding hydrogens is 272 g/mol. The lowest BCUT2D eigenvalue weighted by Crippen LogP contribution is -2.21. The first-order chi connectivity index (χ1) is 10.3. The van der Waals surface area contributed by atoms with Crippen molar-refractivity contribution >= 4 is 5.97 Å². The summed E-state index contributed by atoms with van der Waals surface area (Å²) in [7, 11) is 0. The van der Waals surface area contributed by atoms with Crippen LogP contribution in [-0.4, -0.2) is 52.4 Å². The Bertz CT molecular complexity index is 557. The molecule has 0 saturated carbocycles. The van der Waals surface area contributed by atoms with Crippen molar-refractivity contribution in [3.05, 3.63) is 42.2 Å². The Hall–Kier alpha value is -2.25. The molecule has 7 nitrogen and oxygen atoms in total. The van der Waals surface area contributed by atoms with Crippen LogP contribution in [0.4, 0.5) is 0 Å². The first kappa shape index (κ1) is 15.1. The lowest BCUT2D eigenvalue weighted by molar-refractivity contribution is 0.0500. The molecule has 0 atom stereocenters. The van der Waals surface area contributed by atoms with Gasteiger partial charge in [-0.05, 0) is 25.1 Å². The van der Waals surface area contributed by atoms with Gasteiger partial charge in [0.15, 0.2) is 0 Å². The van der Waals surface area contributed by atoms with Crippen molar-refractivity contribution in [1.29, 1.82) is 0 Å². The molecule has 0 unspecified atom stereocenters. The topological polar surface area (TPSA) is 89.3 Å². The summed E-state index contributed by atoms with van der Waals surface area (Å²) in [5, 5.41) is 19.7. The maximum atomic E-state index is 12.1.